The van der Waals surface area contributed by atoms with E-state index in [2.05, 4.69) is 5.32 Å². The van der Waals surface area contributed by atoms with E-state index < -0.39 is 29.0 Å². The summed E-state index contributed by atoms with van der Waals surface area (Å²) in [4.78, 5) is 14.1. The zero-order chi connectivity index (χ0) is 19.4. The lowest BCUT2D eigenvalue weighted by atomic mass is 9.91. The van der Waals surface area contributed by atoms with Gasteiger partial charge in [-0.2, -0.15) is 0 Å². The van der Waals surface area contributed by atoms with Gasteiger partial charge in [-0.05, 0) is 31.0 Å². The van der Waals surface area contributed by atoms with E-state index in [-0.39, 0.29) is 31.6 Å². The van der Waals surface area contributed by atoms with Crippen molar-refractivity contribution in [2.24, 2.45) is 0 Å². The van der Waals surface area contributed by atoms with Gasteiger partial charge in [0, 0.05) is 37.3 Å². The van der Waals surface area contributed by atoms with Gasteiger partial charge in [0.15, 0.2) is 5.60 Å². The molecule has 0 spiro atoms. The molecule has 0 aromatic heterocycles. The topological polar surface area (TPSA) is 52.6 Å². The highest BCUT2D eigenvalue weighted by Crippen LogP contribution is 2.24. The normalized spacial score (nSPS) is 20.1. The van der Waals surface area contributed by atoms with Gasteiger partial charge in [-0.3, -0.25) is 4.79 Å². The monoisotopic (exact) mass is 378 g/mol. The minimum Gasteiger partial charge on any atom is -0.379 e. The molecule has 1 saturated heterocycles. The van der Waals surface area contributed by atoms with Gasteiger partial charge in [-0.25, -0.2) is 13.2 Å². The second-order valence-electron chi connectivity index (χ2n) is 6.76. The molecule has 27 heavy (non-hydrogen) atoms. The summed E-state index contributed by atoms with van der Waals surface area (Å²) in [6.45, 7) is 0.183. The smallest absolute Gasteiger partial charge is 0.256 e. The lowest BCUT2D eigenvalue weighted by Gasteiger charge is -2.38. The average molecular weight is 378 g/mol. The van der Waals surface area contributed by atoms with Crippen molar-refractivity contribution in [2.75, 3.05) is 13.1 Å². The van der Waals surface area contributed by atoms with Crippen LogP contribution in [0.2, 0.25) is 0 Å². The number of piperidine rings is 1. The molecule has 0 radical (unpaired) electrons. The Morgan fingerprint density at radius 2 is 1.70 bits per heavy atom. The average Bonchev–Trinajstić information content (AvgIpc) is 2.63. The van der Waals surface area contributed by atoms with Crippen LogP contribution in [0.15, 0.2) is 42.5 Å². The van der Waals surface area contributed by atoms with Crippen molar-refractivity contribution < 1.29 is 23.1 Å². The van der Waals surface area contributed by atoms with Crippen LogP contribution in [-0.4, -0.2) is 34.6 Å². The number of rotatable bonds is 6. The minimum atomic E-state index is -1.69. The first-order valence-electron chi connectivity index (χ1n) is 8.79. The number of benzene rings is 2. The van der Waals surface area contributed by atoms with E-state index >= 15 is 0 Å². The number of amides is 1. The SMILES string of the molecule is O=C1N(Cc2ccccc2F)CCCC1(O)CNCc1c(F)cccc1F. The molecule has 0 aliphatic carbocycles. The zero-order valence-electron chi connectivity index (χ0n) is 14.7. The Bertz CT molecular complexity index is 810. The molecule has 0 bridgehead atoms. The summed E-state index contributed by atoms with van der Waals surface area (Å²) >= 11 is 0. The van der Waals surface area contributed by atoms with Gasteiger partial charge in [0.1, 0.15) is 17.5 Å². The number of hydrogen-bond acceptors (Lipinski definition) is 3. The molecular weight excluding hydrogens is 357 g/mol. The molecule has 3 rings (SSSR count). The summed E-state index contributed by atoms with van der Waals surface area (Å²) in [6.07, 6.45) is 0.777. The summed E-state index contributed by atoms with van der Waals surface area (Å²) in [5, 5.41) is 13.5. The molecule has 1 aliphatic rings. The zero-order valence-corrected chi connectivity index (χ0v) is 14.7. The summed E-state index contributed by atoms with van der Waals surface area (Å²) in [5.74, 6) is -2.30. The fourth-order valence-electron chi connectivity index (χ4n) is 3.31. The van der Waals surface area contributed by atoms with Crippen LogP contribution >= 0.6 is 0 Å². The number of halogens is 3. The number of hydrogen-bond donors (Lipinski definition) is 2. The lowest BCUT2D eigenvalue weighted by molar-refractivity contribution is -0.157. The van der Waals surface area contributed by atoms with E-state index in [1.54, 1.807) is 18.2 Å². The molecule has 7 heteroatoms. The molecule has 144 valence electrons. The van der Waals surface area contributed by atoms with Gasteiger partial charge in [0.2, 0.25) is 0 Å². The molecule has 0 saturated carbocycles. The lowest BCUT2D eigenvalue weighted by Crippen LogP contribution is -2.57. The maximum atomic E-state index is 13.8. The molecule has 4 nitrogen and oxygen atoms in total. The second kappa shape index (κ2) is 8.10. The molecule has 1 heterocycles. The van der Waals surface area contributed by atoms with Crippen molar-refractivity contribution in [1.29, 1.82) is 0 Å². The fourth-order valence-corrected chi connectivity index (χ4v) is 3.31. The van der Waals surface area contributed by atoms with E-state index in [1.165, 1.54) is 17.0 Å². The maximum absolute atomic E-state index is 13.8. The van der Waals surface area contributed by atoms with Crippen molar-refractivity contribution in [3.63, 3.8) is 0 Å². The fraction of sp³-hybridized carbons (Fsp3) is 0.350. The molecule has 2 aromatic rings. The number of carbonyl (C=O) groups excluding carboxylic acids is 1. The third-order valence-corrected chi connectivity index (χ3v) is 4.80. The predicted octanol–water partition coefficient (Wildman–Crippen LogP) is 2.75. The Kier molecular flexibility index (Phi) is 5.82. The van der Waals surface area contributed by atoms with E-state index in [1.807, 2.05) is 0 Å². The van der Waals surface area contributed by atoms with Crippen LogP contribution < -0.4 is 5.32 Å². The molecular formula is C20H21F3N2O2. The van der Waals surface area contributed by atoms with Gasteiger partial charge in [0.25, 0.3) is 5.91 Å². The molecule has 1 aliphatic heterocycles. The summed E-state index contributed by atoms with van der Waals surface area (Å²) in [7, 11) is 0. The third-order valence-electron chi connectivity index (χ3n) is 4.80. The van der Waals surface area contributed by atoms with Crippen molar-refractivity contribution in [1.82, 2.24) is 10.2 Å². The molecule has 2 N–H and O–H groups in total. The third kappa shape index (κ3) is 4.31. The van der Waals surface area contributed by atoms with Crippen molar-refractivity contribution in [3.8, 4) is 0 Å². The highest BCUT2D eigenvalue weighted by atomic mass is 19.1. The summed E-state index contributed by atoms with van der Waals surface area (Å²) < 4.78 is 41.2. The van der Waals surface area contributed by atoms with Gasteiger partial charge in [-0.15, -0.1) is 0 Å². The first-order valence-corrected chi connectivity index (χ1v) is 8.79. The van der Waals surface area contributed by atoms with Crippen molar-refractivity contribution in [2.45, 2.75) is 31.5 Å². The first kappa shape index (κ1) is 19.4. The number of nitrogens with zero attached hydrogens (tertiary/aromatic N) is 1. The van der Waals surface area contributed by atoms with Gasteiger partial charge in [0.05, 0.1) is 0 Å². The standard InChI is InChI=1S/C20H21F3N2O2/c21-16-6-2-1-5-14(16)12-25-10-4-9-20(27,19(25)26)13-24-11-15-17(22)7-3-8-18(15)23/h1-3,5-8,24,27H,4,9-13H2. The Labute approximate surface area is 155 Å². The predicted molar refractivity (Wildman–Crippen MR) is 94.1 cm³/mol. The van der Waals surface area contributed by atoms with E-state index in [0.29, 0.717) is 18.5 Å². The van der Waals surface area contributed by atoms with Crippen LogP contribution in [0.25, 0.3) is 0 Å². The first-order chi connectivity index (χ1) is 12.9. The van der Waals surface area contributed by atoms with Gasteiger partial charge >= 0.3 is 0 Å². The van der Waals surface area contributed by atoms with E-state index in [9.17, 15) is 23.1 Å². The van der Waals surface area contributed by atoms with Crippen LogP contribution in [-0.2, 0) is 17.9 Å². The van der Waals surface area contributed by atoms with Crippen LogP contribution in [0.5, 0.6) is 0 Å². The number of likely N-dealkylation sites (tertiary alicyclic amines) is 1. The summed E-state index contributed by atoms with van der Waals surface area (Å²) in [6, 6.07) is 9.73. The highest BCUT2D eigenvalue weighted by Gasteiger charge is 2.41. The quantitative estimate of drug-likeness (QED) is 0.813. The molecule has 1 amide bonds. The Balaban J connectivity index is 1.64. The molecule has 2 aromatic carbocycles. The maximum Gasteiger partial charge on any atom is 0.256 e. The Morgan fingerprint density at radius 3 is 2.41 bits per heavy atom. The molecule has 1 atom stereocenters. The van der Waals surface area contributed by atoms with Crippen LogP contribution in [0.1, 0.15) is 24.0 Å². The minimum absolute atomic E-state index is 0.0652. The van der Waals surface area contributed by atoms with Crippen LogP contribution in [0, 0.1) is 17.5 Å². The van der Waals surface area contributed by atoms with Crippen molar-refractivity contribution >= 4 is 5.91 Å². The second-order valence-corrected chi connectivity index (χ2v) is 6.76. The summed E-state index contributed by atoms with van der Waals surface area (Å²) in [5.41, 5.74) is -1.46. The highest BCUT2D eigenvalue weighted by molar-refractivity contribution is 5.86. The molecule has 1 fully saturated rings. The van der Waals surface area contributed by atoms with Crippen LogP contribution in [0.3, 0.4) is 0 Å². The van der Waals surface area contributed by atoms with E-state index in [0.717, 1.165) is 12.1 Å². The van der Waals surface area contributed by atoms with Crippen molar-refractivity contribution in [3.05, 3.63) is 71.0 Å². The Morgan fingerprint density at radius 1 is 1.04 bits per heavy atom. The number of nitrogens with one attached hydrogen (secondary N) is 1. The number of aliphatic hydroxyl groups is 1. The Hall–Kier alpha value is -2.38. The largest absolute Gasteiger partial charge is 0.379 e. The van der Waals surface area contributed by atoms with E-state index in [4.69, 9.17) is 0 Å². The van der Waals surface area contributed by atoms with Crippen LogP contribution in [0.4, 0.5) is 13.2 Å². The number of carbonyl (C=O) groups is 1. The molecule has 1 unspecified atom stereocenters. The van der Waals surface area contributed by atoms with Gasteiger partial charge in [-0.1, -0.05) is 24.3 Å². The van der Waals surface area contributed by atoms with Gasteiger partial charge < -0.3 is 15.3 Å².